The van der Waals surface area contributed by atoms with Crippen molar-refractivity contribution in [2.24, 2.45) is 5.14 Å². The average molecular weight is 473 g/mol. The molecule has 9 nitrogen and oxygen atoms in total. The standard InChI is InChI=1S/C22H20FN3O6S/c1-31-19-9-7-16(33(24,29)30)12-17(19)22(28)25-15-6-8-20(32-2)18(11-15)26-21(27)13-4-3-5-14(23)10-13/h3-12H,1-2H3,(H,25,28)(H,26,27)(H2,24,29,30). The largest absolute Gasteiger partial charge is 0.496 e. The van der Waals surface area contributed by atoms with E-state index in [2.05, 4.69) is 10.6 Å². The SMILES string of the molecule is COc1ccc(NC(=O)c2cc(S(N)(=O)=O)ccc2OC)cc1NC(=O)c1cccc(F)c1. The van der Waals surface area contributed by atoms with Crippen LogP contribution in [0.1, 0.15) is 20.7 Å². The van der Waals surface area contributed by atoms with Gasteiger partial charge in [-0.1, -0.05) is 6.07 Å². The van der Waals surface area contributed by atoms with Gasteiger partial charge in [-0.2, -0.15) is 0 Å². The summed E-state index contributed by atoms with van der Waals surface area (Å²) in [6.07, 6.45) is 0. The molecule has 0 atom stereocenters. The van der Waals surface area contributed by atoms with E-state index in [0.29, 0.717) is 5.75 Å². The van der Waals surface area contributed by atoms with Crippen LogP contribution in [0.25, 0.3) is 0 Å². The van der Waals surface area contributed by atoms with Gasteiger partial charge in [0.1, 0.15) is 17.3 Å². The number of hydrogen-bond donors (Lipinski definition) is 3. The summed E-state index contributed by atoms with van der Waals surface area (Å²) in [4.78, 5) is 25.1. The zero-order valence-corrected chi connectivity index (χ0v) is 18.4. The first kappa shape index (κ1) is 23.7. The van der Waals surface area contributed by atoms with E-state index in [1.165, 1.54) is 62.8 Å². The molecule has 0 aliphatic carbocycles. The molecular weight excluding hydrogens is 453 g/mol. The number of halogens is 1. The van der Waals surface area contributed by atoms with Gasteiger partial charge in [0.2, 0.25) is 10.0 Å². The van der Waals surface area contributed by atoms with Crippen LogP contribution in [0, 0.1) is 5.82 Å². The number of nitrogens with one attached hydrogen (secondary N) is 2. The van der Waals surface area contributed by atoms with Gasteiger partial charge in [0.25, 0.3) is 11.8 Å². The molecule has 2 amide bonds. The number of rotatable bonds is 7. The monoisotopic (exact) mass is 473 g/mol. The molecule has 3 rings (SSSR count). The molecule has 4 N–H and O–H groups in total. The quantitative estimate of drug-likeness (QED) is 0.483. The molecule has 0 unspecified atom stereocenters. The summed E-state index contributed by atoms with van der Waals surface area (Å²) >= 11 is 0. The molecule has 3 aromatic rings. The van der Waals surface area contributed by atoms with Gasteiger partial charge >= 0.3 is 0 Å². The maximum Gasteiger partial charge on any atom is 0.259 e. The van der Waals surface area contributed by atoms with Crippen molar-refractivity contribution in [2.75, 3.05) is 24.9 Å². The molecule has 0 radical (unpaired) electrons. The number of anilines is 2. The molecule has 172 valence electrons. The number of carbonyl (C=O) groups is 2. The van der Waals surface area contributed by atoms with Crippen molar-refractivity contribution in [2.45, 2.75) is 4.90 Å². The maximum absolute atomic E-state index is 13.4. The van der Waals surface area contributed by atoms with E-state index >= 15 is 0 Å². The Morgan fingerprint density at radius 1 is 0.879 bits per heavy atom. The lowest BCUT2D eigenvalue weighted by molar-refractivity contribution is 0.101. The summed E-state index contributed by atoms with van der Waals surface area (Å²) in [5, 5.41) is 10.4. The molecular formula is C22H20FN3O6S. The van der Waals surface area contributed by atoms with Crippen LogP contribution in [0.2, 0.25) is 0 Å². The van der Waals surface area contributed by atoms with E-state index in [0.717, 1.165) is 12.1 Å². The third-order valence-corrected chi connectivity index (χ3v) is 5.45. The Bertz CT molecular complexity index is 1330. The van der Waals surface area contributed by atoms with Gasteiger partial charge in [0.15, 0.2) is 0 Å². The van der Waals surface area contributed by atoms with Crippen molar-refractivity contribution >= 4 is 33.2 Å². The van der Waals surface area contributed by atoms with E-state index in [-0.39, 0.29) is 33.1 Å². The van der Waals surface area contributed by atoms with Gasteiger partial charge in [-0.3, -0.25) is 9.59 Å². The van der Waals surface area contributed by atoms with Gasteiger partial charge in [-0.25, -0.2) is 17.9 Å². The fraction of sp³-hybridized carbons (Fsp3) is 0.0909. The minimum Gasteiger partial charge on any atom is -0.496 e. The number of benzene rings is 3. The van der Waals surface area contributed by atoms with Crippen molar-refractivity contribution in [3.05, 3.63) is 77.6 Å². The number of methoxy groups -OCH3 is 2. The lowest BCUT2D eigenvalue weighted by Crippen LogP contribution is -2.17. The molecule has 0 bridgehead atoms. The van der Waals surface area contributed by atoms with Gasteiger partial charge in [0.05, 0.1) is 30.4 Å². The van der Waals surface area contributed by atoms with Crippen molar-refractivity contribution in [1.82, 2.24) is 0 Å². The van der Waals surface area contributed by atoms with Crippen LogP contribution >= 0.6 is 0 Å². The molecule has 33 heavy (non-hydrogen) atoms. The smallest absolute Gasteiger partial charge is 0.259 e. The zero-order valence-electron chi connectivity index (χ0n) is 17.6. The molecule has 0 heterocycles. The van der Waals surface area contributed by atoms with Crippen molar-refractivity contribution in [3.63, 3.8) is 0 Å². The Balaban J connectivity index is 1.89. The van der Waals surface area contributed by atoms with Crippen molar-refractivity contribution in [3.8, 4) is 11.5 Å². The molecule has 0 aliphatic heterocycles. The minimum absolute atomic E-state index is 0.0646. The van der Waals surface area contributed by atoms with Crippen LogP contribution in [-0.4, -0.2) is 34.5 Å². The highest BCUT2D eigenvalue weighted by atomic mass is 32.2. The van der Waals surface area contributed by atoms with Crippen LogP contribution in [0.15, 0.2) is 65.6 Å². The predicted octanol–water partition coefficient (Wildman–Crippen LogP) is 2.99. The van der Waals surface area contributed by atoms with Crippen LogP contribution in [0.5, 0.6) is 11.5 Å². The molecule has 3 aromatic carbocycles. The lowest BCUT2D eigenvalue weighted by atomic mass is 10.1. The second kappa shape index (κ2) is 9.67. The number of ether oxygens (including phenoxy) is 2. The third kappa shape index (κ3) is 5.64. The number of hydrogen-bond acceptors (Lipinski definition) is 6. The predicted molar refractivity (Wildman–Crippen MR) is 120 cm³/mol. The first-order chi connectivity index (χ1) is 15.6. The highest BCUT2D eigenvalue weighted by molar-refractivity contribution is 7.89. The van der Waals surface area contributed by atoms with E-state index in [4.69, 9.17) is 14.6 Å². The fourth-order valence-corrected chi connectivity index (χ4v) is 3.49. The number of amides is 2. The van der Waals surface area contributed by atoms with Crippen molar-refractivity contribution in [1.29, 1.82) is 0 Å². The van der Waals surface area contributed by atoms with E-state index in [1.54, 1.807) is 0 Å². The lowest BCUT2D eigenvalue weighted by Gasteiger charge is -2.14. The van der Waals surface area contributed by atoms with Crippen LogP contribution in [0.4, 0.5) is 15.8 Å². The summed E-state index contributed by atoms with van der Waals surface area (Å²) in [6.45, 7) is 0. The first-order valence-electron chi connectivity index (χ1n) is 9.39. The van der Waals surface area contributed by atoms with Gasteiger partial charge in [-0.05, 0) is 54.6 Å². The second-order valence-corrected chi connectivity index (χ2v) is 8.30. The molecule has 0 saturated heterocycles. The number of carbonyl (C=O) groups excluding carboxylic acids is 2. The van der Waals surface area contributed by atoms with Gasteiger partial charge in [-0.15, -0.1) is 0 Å². The van der Waals surface area contributed by atoms with Crippen molar-refractivity contribution < 1.29 is 31.9 Å². The maximum atomic E-state index is 13.4. The first-order valence-corrected chi connectivity index (χ1v) is 10.9. The van der Waals surface area contributed by atoms with E-state index < -0.39 is 27.7 Å². The molecule has 0 saturated carbocycles. The molecule has 0 fully saturated rings. The summed E-state index contributed by atoms with van der Waals surface area (Å²) in [7, 11) is -1.31. The number of primary sulfonamides is 1. The Labute approximate surface area is 189 Å². The number of nitrogens with two attached hydrogens (primary N) is 1. The molecule has 0 spiro atoms. The van der Waals surface area contributed by atoms with Gasteiger partial charge < -0.3 is 20.1 Å². The summed E-state index contributed by atoms with van der Waals surface area (Å²) in [6, 6.07) is 13.2. The highest BCUT2D eigenvalue weighted by Crippen LogP contribution is 2.30. The highest BCUT2D eigenvalue weighted by Gasteiger charge is 2.18. The van der Waals surface area contributed by atoms with E-state index in [1.807, 2.05) is 0 Å². The Morgan fingerprint density at radius 3 is 2.21 bits per heavy atom. The zero-order chi connectivity index (χ0) is 24.2. The molecule has 11 heteroatoms. The molecule has 0 aromatic heterocycles. The Hall–Kier alpha value is -3.96. The second-order valence-electron chi connectivity index (χ2n) is 6.74. The molecule has 0 aliphatic rings. The Kier molecular flexibility index (Phi) is 6.95. The van der Waals surface area contributed by atoms with Crippen LogP contribution in [-0.2, 0) is 10.0 Å². The summed E-state index contributed by atoms with van der Waals surface area (Å²) < 4.78 is 47.1. The topological polar surface area (TPSA) is 137 Å². The minimum atomic E-state index is -4.04. The van der Waals surface area contributed by atoms with Gasteiger partial charge in [0, 0.05) is 11.3 Å². The fourth-order valence-electron chi connectivity index (χ4n) is 2.95. The summed E-state index contributed by atoms with van der Waals surface area (Å²) in [5.41, 5.74) is 0.509. The van der Waals surface area contributed by atoms with Crippen LogP contribution < -0.4 is 25.2 Å². The average Bonchev–Trinajstić information content (AvgIpc) is 2.78. The van der Waals surface area contributed by atoms with E-state index in [9.17, 15) is 22.4 Å². The van der Waals surface area contributed by atoms with Crippen LogP contribution in [0.3, 0.4) is 0 Å². The normalized spacial score (nSPS) is 10.9. The summed E-state index contributed by atoms with van der Waals surface area (Å²) in [5.74, 6) is -1.39. The number of sulfonamides is 1. The third-order valence-electron chi connectivity index (χ3n) is 4.54. The Morgan fingerprint density at radius 2 is 1.58 bits per heavy atom.